The Labute approximate surface area is 115 Å². The van der Waals surface area contributed by atoms with Crippen LogP contribution in [0.5, 0.6) is 0 Å². The Morgan fingerprint density at radius 3 is 2.84 bits per heavy atom. The number of benzene rings is 1. The van der Waals surface area contributed by atoms with Crippen LogP contribution >= 0.6 is 0 Å². The molecular weight excluding hydrogens is 236 g/mol. The zero-order chi connectivity index (χ0) is 13.8. The number of amides is 1. The number of hydrogen-bond donors (Lipinski definition) is 2. The highest BCUT2D eigenvalue weighted by atomic mass is 16.2. The Morgan fingerprint density at radius 2 is 2.16 bits per heavy atom. The summed E-state index contributed by atoms with van der Waals surface area (Å²) >= 11 is 0. The molecule has 2 unspecified atom stereocenters. The van der Waals surface area contributed by atoms with E-state index in [0.717, 1.165) is 19.4 Å². The minimum atomic E-state index is -0.0322. The summed E-state index contributed by atoms with van der Waals surface area (Å²) in [6.45, 7) is 7.29. The fraction of sp³-hybridized carbons (Fsp3) is 0.562. The van der Waals surface area contributed by atoms with Gasteiger partial charge >= 0.3 is 0 Å². The molecule has 1 aliphatic rings. The molecule has 2 N–H and O–H groups in total. The molecule has 1 heterocycles. The molecule has 1 aliphatic heterocycles. The van der Waals surface area contributed by atoms with E-state index < -0.39 is 0 Å². The lowest BCUT2D eigenvalue weighted by Crippen LogP contribution is -2.48. The summed E-state index contributed by atoms with van der Waals surface area (Å²) in [5, 5.41) is 6.43. The fourth-order valence-corrected chi connectivity index (χ4v) is 2.77. The van der Waals surface area contributed by atoms with Crippen LogP contribution < -0.4 is 10.6 Å². The van der Waals surface area contributed by atoms with E-state index in [1.54, 1.807) is 0 Å². The molecule has 0 radical (unpaired) electrons. The Hall–Kier alpha value is -1.35. The first-order valence-corrected chi connectivity index (χ1v) is 7.17. The number of piperidine rings is 1. The van der Waals surface area contributed by atoms with Crippen molar-refractivity contribution in [3.8, 4) is 0 Å². The van der Waals surface area contributed by atoms with Crippen molar-refractivity contribution in [1.29, 1.82) is 0 Å². The normalized spacial score (nSPS) is 24.8. The maximum atomic E-state index is 12.3. The molecule has 1 saturated heterocycles. The molecule has 104 valence electrons. The van der Waals surface area contributed by atoms with Crippen molar-refractivity contribution in [3.05, 3.63) is 35.4 Å². The summed E-state index contributed by atoms with van der Waals surface area (Å²) in [7, 11) is 0. The van der Waals surface area contributed by atoms with Gasteiger partial charge in [0.15, 0.2) is 0 Å². The van der Waals surface area contributed by atoms with E-state index in [1.807, 2.05) is 19.1 Å². The Kier molecular flexibility index (Phi) is 4.59. The SMILES string of the molecule is Cc1ccccc1[C@H](C)NC(=O)C1CC(C)CCN1. The average molecular weight is 260 g/mol. The first kappa shape index (κ1) is 14.1. The summed E-state index contributed by atoms with van der Waals surface area (Å²) in [5.74, 6) is 0.757. The van der Waals surface area contributed by atoms with E-state index >= 15 is 0 Å². The lowest BCUT2D eigenvalue weighted by molar-refractivity contribution is -0.124. The Bertz CT molecular complexity index is 444. The summed E-state index contributed by atoms with van der Waals surface area (Å²) < 4.78 is 0. The van der Waals surface area contributed by atoms with Gasteiger partial charge in [-0.1, -0.05) is 31.2 Å². The molecule has 0 saturated carbocycles. The zero-order valence-corrected chi connectivity index (χ0v) is 12.1. The number of carbonyl (C=O) groups excluding carboxylic acids is 1. The van der Waals surface area contributed by atoms with E-state index in [-0.39, 0.29) is 18.0 Å². The van der Waals surface area contributed by atoms with Gasteiger partial charge in [0.05, 0.1) is 12.1 Å². The van der Waals surface area contributed by atoms with Crippen molar-refractivity contribution >= 4 is 5.91 Å². The predicted molar refractivity (Wildman–Crippen MR) is 77.9 cm³/mol. The second-order valence-electron chi connectivity index (χ2n) is 5.72. The number of rotatable bonds is 3. The van der Waals surface area contributed by atoms with Gasteiger partial charge in [-0.2, -0.15) is 0 Å². The highest BCUT2D eigenvalue weighted by Gasteiger charge is 2.25. The molecular formula is C16H24N2O. The predicted octanol–water partition coefficient (Wildman–Crippen LogP) is 2.56. The van der Waals surface area contributed by atoms with Crippen molar-refractivity contribution in [2.75, 3.05) is 6.54 Å². The smallest absolute Gasteiger partial charge is 0.237 e. The standard InChI is InChI=1S/C16H24N2O/c1-11-8-9-17-15(10-11)16(19)18-13(3)14-7-5-4-6-12(14)2/h4-7,11,13,15,17H,8-10H2,1-3H3,(H,18,19)/t11?,13-,15?/m0/s1. The van der Waals surface area contributed by atoms with Gasteiger partial charge in [0.2, 0.25) is 5.91 Å². The molecule has 3 nitrogen and oxygen atoms in total. The largest absolute Gasteiger partial charge is 0.348 e. The lowest BCUT2D eigenvalue weighted by Gasteiger charge is -2.28. The number of aryl methyl sites for hydroxylation is 1. The van der Waals surface area contributed by atoms with Gasteiger partial charge in [0.1, 0.15) is 0 Å². The molecule has 0 spiro atoms. The van der Waals surface area contributed by atoms with Crippen LogP contribution in [0.2, 0.25) is 0 Å². The van der Waals surface area contributed by atoms with Crippen LogP contribution in [0.4, 0.5) is 0 Å². The molecule has 3 heteroatoms. The number of hydrogen-bond acceptors (Lipinski definition) is 2. The van der Waals surface area contributed by atoms with Crippen LogP contribution in [0.15, 0.2) is 24.3 Å². The molecule has 19 heavy (non-hydrogen) atoms. The van der Waals surface area contributed by atoms with E-state index in [2.05, 4.69) is 36.6 Å². The van der Waals surface area contributed by atoms with Crippen LogP contribution in [0, 0.1) is 12.8 Å². The highest BCUT2D eigenvalue weighted by Crippen LogP contribution is 2.19. The summed E-state index contributed by atoms with van der Waals surface area (Å²) in [6.07, 6.45) is 2.10. The van der Waals surface area contributed by atoms with Gasteiger partial charge < -0.3 is 10.6 Å². The van der Waals surface area contributed by atoms with Crippen LogP contribution in [-0.4, -0.2) is 18.5 Å². The Morgan fingerprint density at radius 1 is 1.42 bits per heavy atom. The lowest BCUT2D eigenvalue weighted by atomic mass is 9.93. The summed E-state index contributed by atoms with van der Waals surface area (Å²) in [4.78, 5) is 12.3. The van der Waals surface area contributed by atoms with E-state index in [0.29, 0.717) is 5.92 Å². The summed E-state index contributed by atoms with van der Waals surface area (Å²) in [6, 6.07) is 8.24. The third-order valence-electron chi connectivity index (χ3n) is 4.00. The third kappa shape index (κ3) is 3.57. The maximum Gasteiger partial charge on any atom is 0.237 e. The van der Waals surface area contributed by atoms with Gasteiger partial charge in [-0.15, -0.1) is 0 Å². The Balaban J connectivity index is 1.97. The van der Waals surface area contributed by atoms with E-state index in [9.17, 15) is 4.79 Å². The highest BCUT2D eigenvalue weighted by molar-refractivity contribution is 5.82. The molecule has 2 rings (SSSR count). The second kappa shape index (κ2) is 6.20. The molecule has 0 bridgehead atoms. The van der Waals surface area contributed by atoms with Gasteiger partial charge in [0.25, 0.3) is 0 Å². The number of nitrogens with one attached hydrogen (secondary N) is 2. The topological polar surface area (TPSA) is 41.1 Å². The van der Waals surface area contributed by atoms with E-state index in [4.69, 9.17) is 0 Å². The van der Waals surface area contributed by atoms with Gasteiger partial charge in [-0.25, -0.2) is 0 Å². The van der Waals surface area contributed by atoms with Gasteiger partial charge in [-0.05, 0) is 50.3 Å². The first-order valence-electron chi connectivity index (χ1n) is 7.17. The van der Waals surface area contributed by atoms with Crippen LogP contribution in [0.25, 0.3) is 0 Å². The zero-order valence-electron chi connectivity index (χ0n) is 12.1. The van der Waals surface area contributed by atoms with Crippen LogP contribution in [0.3, 0.4) is 0 Å². The van der Waals surface area contributed by atoms with Crippen molar-refractivity contribution in [2.45, 2.75) is 45.7 Å². The van der Waals surface area contributed by atoms with Gasteiger partial charge in [0, 0.05) is 0 Å². The third-order valence-corrected chi connectivity index (χ3v) is 4.00. The van der Waals surface area contributed by atoms with Crippen LogP contribution in [-0.2, 0) is 4.79 Å². The molecule has 1 aromatic rings. The summed E-state index contributed by atoms with van der Waals surface area (Å²) in [5.41, 5.74) is 2.42. The van der Waals surface area contributed by atoms with Gasteiger partial charge in [-0.3, -0.25) is 4.79 Å². The van der Waals surface area contributed by atoms with E-state index in [1.165, 1.54) is 11.1 Å². The first-order chi connectivity index (χ1) is 9.08. The fourth-order valence-electron chi connectivity index (χ4n) is 2.77. The van der Waals surface area contributed by atoms with Crippen molar-refractivity contribution < 1.29 is 4.79 Å². The molecule has 0 aliphatic carbocycles. The van der Waals surface area contributed by atoms with Crippen molar-refractivity contribution in [3.63, 3.8) is 0 Å². The molecule has 1 amide bonds. The van der Waals surface area contributed by atoms with Crippen molar-refractivity contribution in [1.82, 2.24) is 10.6 Å². The molecule has 0 aromatic heterocycles. The number of carbonyl (C=O) groups is 1. The minimum Gasteiger partial charge on any atom is -0.348 e. The second-order valence-corrected chi connectivity index (χ2v) is 5.72. The maximum absolute atomic E-state index is 12.3. The van der Waals surface area contributed by atoms with Crippen molar-refractivity contribution in [2.24, 2.45) is 5.92 Å². The monoisotopic (exact) mass is 260 g/mol. The molecule has 3 atom stereocenters. The average Bonchev–Trinajstić information content (AvgIpc) is 2.39. The quantitative estimate of drug-likeness (QED) is 0.877. The van der Waals surface area contributed by atoms with Crippen LogP contribution in [0.1, 0.15) is 43.9 Å². The minimum absolute atomic E-state index is 0.0322. The molecule has 1 aromatic carbocycles. The molecule has 1 fully saturated rings.